The van der Waals surface area contributed by atoms with Crippen molar-refractivity contribution in [1.29, 1.82) is 0 Å². The number of aryl methyl sites for hydroxylation is 1. The fraction of sp³-hybridized carbons (Fsp3) is 0.286. The number of rotatable bonds is 5. The van der Waals surface area contributed by atoms with Crippen LogP contribution < -0.4 is 9.64 Å². The van der Waals surface area contributed by atoms with Gasteiger partial charge in [-0.05, 0) is 43.7 Å². The van der Waals surface area contributed by atoms with Crippen LogP contribution in [0, 0.1) is 12.7 Å². The molecule has 2 aromatic carbocycles. The van der Waals surface area contributed by atoms with Crippen molar-refractivity contribution in [2.24, 2.45) is 0 Å². The van der Waals surface area contributed by atoms with Gasteiger partial charge in [-0.2, -0.15) is 4.98 Å². The molecule has 1 aliphatic heterocycles. The molecule has 1 aromatic heterocycles. The summed E-state index contributed by atoms with van der Waals surface area (Å²) in [5.74, 6) is 0.932. The highest BCUT2D eigenvalue weighted by molar-refractivity contribution is 5.96. The molecule has 0 N–H and O–H groups in total. The van der Waals surface area contributed by atoms with Crippen LogP contribution in [0.15, 0.2) is 47.0 Å². The van der Waals surface area contributed by atoms with Crippen molar-refractivity contribution >= 4 is 11.6 Å². The maximum absolute atomic E-state index is 13.9. The van der Waals surface area contributed by atoms with Gasteiger partial charge in [-0.15, -0.1) is 0 Å². The molecule has 3 aromatic rings. The van der Waals surface area contributed by atoms with Crippen LogP contribution in [0.5, 0.6) is 5.75 Å². The Bertz CT molecular complexity index is 1020. The van der Waals surface area contributed by atoms with Crippen molar-refractivity contribution in [1.82, 2.24) is 10.1 Å². The molecule has 6 nitrogen and oxygen atoms in total. The molecule has 2 heterocycles. The predicted molar refractivity (Wildman–Crippen MR) is 102 cm³/mol. The van der Waals surface area contributed by atoms with Gasteiger partial charge in [0.25, 0.3) is 0 Å². The molecular weight excluding hydrogens is 361 g/mol. The molecular formula is C21H20FN3O3. The number of ether oxygens (including phenoxy) is 1. The molecule has 1 aliphatic rings. The van der Waals surface area contributed by atoms with Gasteiger partial charge in [-0.3, -0.25) is 4.79 Å². The zero-order chi connectivity index (χ0) is 19.7. The quantitative estimate of drug-likeness (QED) is 0.665. The molecule has 1 amide bonds. The topological polar surface area (TPSA) is 68.5 Å². The first-order chi connectivity index (χ1) is 13.5. The predicted octanol–water partition coefficient (Wildman–Crippen LogP) is 4.10. The first kappa shape index (κ1) is 18.2. The zero-order valence-corrected chi connectivity index (χ0v) is 15.7. The second kappa shape index (κ2) is 7.42. The van der Waals surface area contributed by atoms with Gasteiger partial charge >= 0.3 is 0 Å². The van der Waals surface area contributed by atoms with E-state index in [2.05, 4.69) is 10.1 Å². The maximum atomic E-state index is 13.9. The molecule has 144 valence electrons. The van der Waals surface area contributed by atoms with Gasteiger partial charge in [0, 0.05) is 24.2 Å². The highest BCUT2D eigenvalue weighted by Crippen LogP contribution is 2.33. The minimum atomic E-state index is -0.331. The van der Waals surface area contributed by atoms with Gasteiger partial charge < -0.3 is 14.2 Å². The van der Waals surface area contributed by atoms with Crippen molar-refractivity contribution < 1.29 is 18.4 Å². The molecule has 0 radical (unpaired) electrons. The number of nitrogens with zero attached hydrogens (tertiary/aromatic N) is 3. The molecule has 4 rings (SSSR count). The Balaban J connectivity index is 1.54. The molecule has 7 heteroatoms. The lowest BCUT2D eigenvalue weighted by Crippen LogP contribution is -2.24. The van der Waals surface area contributed by atoms with Gasteiger partial charge in [0.15, 0.2) is 0 Å². The summed E-state index contributed by atoms with van der Waals surface area (Å²) in [6.45, 7) is 4.55. The SMILES string of the molecule is CCOc1cccc(-c2noc(C3CC(=O)N(c4ccc(C)c(F)c4)C3)n2)c1. The lowest BCUT2D eigenvalue weighted by Gasteiger charge is -2.16. The standard InChI is InChI=1S/C21H20FN3O3/c1-3-27-17-6-4-5-14(9-17)20-23-21(28-24-20)15-10-19(26)25(12-15)16-8-7-13(2)18(22)11-16/h4-9,11,15H,3,10,12H2,1-2H3. The van der Waals surface area contributed by atoms with Crippen LogP contribution in [0.1, 0.15) is 30.7 Å². The third kappa shape index (κ3) is 3.47. The molecule has 0 spiro atoms. The van der Waals surface area contributed by atoms with Crippen molar-refractivity contribution in [2.45, 2.75) is 26.2 Å². The number of aromatic nitrogens is 2. The Labute approximate surface area is 161 Å². The maximum Gasteiger partial charge on any atom is 0.232 e. The molecule has 1 fully saturated rings. The van der Waals surface area contributed by atoms with Crippen LogP contribution in [-0.2, 0) is 4.79 Å². The van der Waals surface area contributed by atoms with Crippen LogP contribution in [0.25, 0.3) is 11.4 Å². The van der Waals surface area contributed by atoms with Gasteiger partial charge in [-0.1, -0.05) is 23.4 Å². The Morgan fingerprint density at radius 1 is 1.29 bits per heavy atom. The highest BCUT2D eigenvalue weighted by atomic mass is 19.1. The van der Waals surface area contributed by atoms with Crippen molar-refractivity contribution in [2.75, 3.05) is 18.1 Å². The second-order valence-electron chi connectivity index (χ2n) is 6.76. The number of hydrogen-bond donors (Lipinski definition) is 0. The minimum absolute atomic E-state index is 0.0913. The van der Waals surface area contributed by atoms with Gasteiger partial charge in [-0.25, -0.2) is 4.39 Å². The summed E-state index contributed by atoms with van der Waals surface area (Å²) in [5, 5.41) is 4.05. The van der Waals surface area contributed by atoms with E-state index in [0.29, 0.717) is 36.1 Å². The number of halogens is 1. The van der Waals surface area contributed by atoms with Crippen molar-refractivity contribution in [3.05, 3.63) is 59.7 Å². The Kier molecular flexibility index (Phi) is 4.81. The number of carbonyl (C=O) groups excluding carboxylic acids is 1. The fourth-order valence-electron chi connectivity index (χ4n) is 3.28. The third-order valence-corrected chi connectivity index (χ3v) is 4.79. The van der Waals surface area contributed by atoms with E-state index in [1.807, 2.05) is 31.2 Å². The smallest absolute Gasteiger partial charge is 0.232 e. The largest absolute Gasteiger partial charge is 0.494 e. The van der Waals surface area contributed by atoms with Crippen LogP contribution in [0.4, 0.5) is 10.1 Å². The summed E-state index contributed by atoms with van der Waals surface area (Å²) < 4.78 is 24.8. The molecule has 0 aliphatic carbocycles. The summed E-state index contributed by atoms with van der Waals surface area (Å²) >= 11 is 0. The number of anilines is 1. The molecule has 28 heavy (non-hydrogen) atoms. The number of carbonyl (C=O) groups is 1. The molecule has 0 bridgehead atoms. The number of amides is 1. The van der Waals surface area contributed by atoms with E-state index in [1.54, 1.807) is 24.0 Å². The van der Waals surface area contributed by atoms with E-state index in [9.17, 15) is 9.18 Å². The van der Waals surface area contributed by atoms with Crippen LogP contribution >= 0.6 is 0 Å². The van der Waals surface area contributed by atoms with E-state index < -0.39 is 0 Å². The van der Waals surface area contributed by atoms with E-state index in [1.165, 1.54) is 6.07 Å². The summed E-state index contributed by atoms with van der Waals surface area (Å²) in [6, 6.07) is 12.2. The van der Waals surface area contributed by atoms with Crippen LogP contribution in [0.2, 0.25) is 0 Å². The van der Waals surface area contributed by atoms with E-state index in [0.717, 1.165) is 11.3 Å². The zero-order valence-electron chi connectivity index (χ0n) is 15.7. The average molecular weight is 381 g/mol. The molecule has 1 unspecified atom stereocenters. The van der Waals surface area contributed by atoms with Crippen molar-refractivity contribution in [3.8, 4) is 17.1 Å². The average Bonchev–Trinajstić information content (AvgIpc) is 3.32. The van der Waals surface area contributed by atoms with E-state index in [4.69, 9.17) is 9.26 Å². The molecule has 1 atom stereocenters. The van der Waals surface area contributed by atoms with Gasteiger partial charge in [0.2, 0.25) is 17.6 Å². The summed E-state index contributed by atoms with van der Waals surface area (Å²) in [6.07, 6.45) is 0.246. The summed E-state index contributed by atoms with van der Waals surface area (Å²) in [4.78, 5) is 18.5. The minimum Gasteiger partial charge on any atom is -0.494 e. The number of hydrogen-bond acceptors (Lipinski definition) is 5. The first-order valence-corrected chi connectivity index (χ1v) is 9.18. The lowest BCUT2D eigenvalue weighted by molar-refractivity contribution is -0.117. The van der Waals surface area contributed by atoms with Crippen LogP contribution in [-0.4, -0.2) is 29.2 Å². The molecule has 1 saturated heterocycles. The van der Waals surface area contributed by atoms with Gasteiger partial charge in [0.05, 0.1) is 12.5 Å². The van der Waals surface area contributed by atoms with Crippen LogP contribution in [0.3, 0.4) is 0 Å². The van der Waals surface area contributed by atoms with Gasteiger partial charge in [0.1, 0.15) is 11.6 Å². The van der Waals surface area contributed by atoms with Crippen molar-refractivity contribution in [3.63, 3.8) is 0 Å². The second-order valence-corrected chi connectivity index (χ2v) is 6.76. The van der Waals surface area contributed by atoms with E-state index >= 15 is 0 Å². The third-order valence-electron chi connectivity index (χ3n) is 4.79. The first-order valence-electron chi connectivity index (χ1n) is 9.18. The monoisotopic (exact) mass is 381 g/mol. The Hall–Kier alpha value is -3.22. The number of benzene rings is 2. The summed E-state index contributed by atoms with van der Waals surface area (Å²) in [7, 11) is 0. The Morgan fingerprint density at radius 2 is 2.14 bits per heavy atom. The van der Waals surface area contributed by atoms with E-state index in [-0.39, 0.29) is 24.1 Å². The normalized spacial score (nSPS) is 16.6. The lowest BCUT2D eigenvalue weighted by atomic mass is 10.1. The molecule has 0 saturated carbocycles. The highest BCUT2D eigenvalue weighted by Gasteiger charge is 2.35. The summed E-state index contributed by atoms with van der Waals surface area (Å²) in [5.41, 5.74) is 1.87. The Morgan fingerprint density at radius 3 is 2.93 bits per heavy atom. The fourth-order valence-corrected chi connectivity index (χ4v) is 3.28.